The summed E-state index contributed by atoms with van der Waals surface area (Å²) < 4.78 is 5.53. The Morgan fingerprint density at radius 2 is 2.24 bits per heavy atom. The lowest BCUT2D eigenvalue weighted by Gasteiger charge is -2.25. The fraction of sp³-hybridized carbons (Fsp3) is 0.923. The molecule has 2 rings (SSSR count). The molecule has 2 fully saturated rings. The lowest BCUT2D eigenvalue weighted by atomic mass is 10.1. The number of ether oxygens (including phenoxy) is 1. The van der Waals surface area contributed by atoms with Crippen molar-refractivity contribution < 1.29 is 9.53 Å². The van der Waals surface area contributed by atoms with Gasteiger partial charge in [0.05, 0.1) is 12.5 Å². The summed E-state index contributed by atoms with van der Waals surface area (Å²) in [4.78, 5) is 14.3. The number of nitrogens with zero attached hydrogens (tertiary/aromatic N) is 1. The van der Waals surface area contributed by atoms with Gasteiger partial charge in [-0.3, -0.25) is 4.79 Å². The molecule has 0 spiro atoms. The van der Waals surface area contributed by atoms with Crippen LogP contribution in [0.1, 0.15) is 44.9 Å². The Labute approximate surface area is 103 Å². The normalized spacial score (nSPS) is 28.9. The van der Waals surface area contributed by atoms with E-state index in [2.05, 4.69) is 4.90 Å². The van der Waals surface area contributed by atoms with Crippen molar-refractivity contribution in [1.29, 1.82) is 0 Å². The molecule has 2 saturated heterocycles. The first-order valence-electron chi connectivity index (χ1n) is 6.92. The molecule has 0 saturated carbocycles. The van der Waals surface area contributed by atoms with Gasteiger partial charge in [0.15, 0.2) is 0 Å². The van der Waals surface area contributed by atoms with Crippen LogP contribution in [0.5, 0.6) is 0 Å². The lowest BCUT2D eigenvalue weighted by molar-refractivity contribution is -0.134. The summed E-state index contributed by atoms with van der Waals surface area (Å²) >= 11 is 0. The van der Waals surface area contributed by atoms with Gasteiger partial charge in [0.2, 0.25) is 5.91 Å². The molecule has 4 nitrogen and oxygen atoms in total. The van der Waals surface area contributed by atoms with Gasteiger partial charge in [-0.25, -0.2) is 0 Å². The summed E-state index contributed by atoms with van der Waals surface area (Å²) in [6.45, 7) is 2.49. The van der Waals surface area contributed by atoms with Gasteiger partial charge >= 0.3 is 0 Å². The van der Waals surface area contributed by atoms with Crippen LogP contribution in [0.2, 0.25) is 0 Å². The first kappa shape index (κ1) is 12.8. The van der Waals surface area contributed by atoms with Crippen molar-refractivity contribution in [3.63, 3.8) is 0 Å². The largest absolute Gasteiger partial charge is 0.378 e. The van der Waals surface area contributed by atoms with Crippen LogP contribution >= 0.6 is 0 Å². The maximum atomic E-state index is 12.2. The van der Waals surface area contributed by atoms with Gasteiger partial charge in [0.25, 0.3) is 0 Å². The van der Waals surface area contributed by atoms with Crippen LogP contribution in [0, 0.1) is 0 Å². The quantitative estimate of drug-likeness (QED) is 0.787. The fourth-order valence-electron chi connectivity index (χ4n) is 2.93. The first-order valence-corrected chi connectivity index (χ1v) is 6.92. The SMILES string of the molecule is NCCCC1CCCN1C(=O)CC1CCCO1. The fourth-order valence-corrected chi connectivity index (χ4v) is 2.93. The van der Waals surface area contributed by atoms with E-state index in [-0.39, 0.29) is 12.0 Å². The van der Waals surface area contributed by atoms with Crippen LogP contribution in [0.25, 0.3) is 0 Å². The summed E-state index contributed by atoms with van der Waals surface area (Å²) in [6.07, 6.45) is 7.30. The Balaban J connectivity index is 1.80. The number of amides is 1. The number of hydrogen-bond donors (Lipinski definition) is 1. The minimum atomic E-state index is 0.179. The third-order valence-electron chi connectivity index (χ3n) is 3.87. The van der Waals surface area contributed by atoms with Gasteiger partial charge in [-0.1, -0.05) is 0 Å². The van der Waals surface area contributed by atoms with Crippen LogP contribution < -0.4 is 5.73 Å². The third-order valence-corrected chi connectivity index (χ3v) is 3.87. The Morgan fingerprint density at radius 1 is 1.35 bits per heavy atom. The van der Waals surface area contributed by atoms with Gasteiger partial charge in [0.1, 0.15) is 0 Å². The number of hydrogen-bond acceptors (Lipinski definition) is 3. The molecule has 2 N–H and O–H groups in total. The highest BCUT2D eigenvalue weighted by Gasteiger charge is 2.30. The second-order valence-corrected chi connectivity index (χ2v) is 5.15. The predicted octanol–water partition coefficient (Wildman–Crippen LogP) is 1.29. The summed E-state index contributed by atoms with van der Waals surface area (Å²) in [5.74, 6) is 0.288. The Hall–Kier alpha value is -0.610. The summed E-state index contributed by atoms with van der Waals surface area (Å²) in [7, 11) is 0. The number of carbonyl (C=O) groups is 1. The maximum Gasteiger partial charge on any atom is 0.225 e. The predicted molar refractivity (Wildman–Crippen MR) is 66.6 cm³/mol. The van der Waals surface area contributed by atoms with Crippen LogP contribution in [0.3, 0.4) is 0 Å². The molecule has 0 aromatic rings. The van der Waals surface area contributed by atoms with Crippen LogP contribution in [0.15, 0.2) is 0 Å². The van der Waals surface area contributed by atoms with Gasteiger partial charge in [-0.05, 0) is 45.1 Å². The average molecular weight is 240 g/mol. The van der Waals surface area contributed by atoms with E-state index < -0.39 is 0 Å². The van der Waals surface area contributed by atoms with Crippen molar-refractivity contribution in [3.05, 3.63) is 0 Å². The van der Waals surface area contributed by atoms with E-state index in [1.807, 2.05) is 0 Å². The van der Waals surface area contributed by atoms with Crippen molar-refractivity contribution >= 4 is 5.91 Å². The van der Waals surface area contributed by atoms with E-state index >= 15 is 0 Å². The van der Waals surface area contributed by atoms with Crippen molar-refractivity contribution in [1.82, 2.24) is 4.90 Å². The first-order chi connectivity index (χ1) is 8.31. The zero-order valence-electron chi connectivity index (χ0n) is 10.6. The minimum absolute atomic E-state index is 0.179. The van der Waals surface area contributed by atoms with E-state index in [0.29, 0.717) is 12.5 Å². The lowest BCUT2D eigenvalue weighted by Crippen LogP contribution is -2.37. The highest BCUT2D eigenvalue weighted by atomic mass is 16.5. The summed E-state index contributed by atoms with van der Waals surface area (Å²) in [6, 6.07) is 0.437. The Kier molecular flexibility index (Phi) is 4.80. The van der Waals surface area contributed by atoms with Gasteiger partial charge < -0.3 is 15.4 Å². The van der Waals surface area contributed by atoms with Gasteiger partial charge in [-0.2, -0.15) is 0 Å². The topological polar surface area (TPSA) is 55.6 Å². The van der Waals surface area contributed by atoms with Gasteiger partial charge in [0, 0.05) is 19.2 Å². The second-order valence-electron chi connectivity index (χ2n) is 5.15. The molecule has 2 heterocycles. The molecular weight excluding hydrogens is 216 g/mol. The smallest absolute Gasteiger partial charge is 0.225 e. The zero-order chi connectivity index (χ0) is 12.1. The molecule has 0 aromatic heterocycles. The molecule has 0 aliphatic carbocycles. The third kappa shape index (κ3) is 3.42. The van der Waals surface area contributed by atoms with Crippen molar-refractivity contribution in [2.45, 2.75) is 57.1 Å². The number of likely N-dealkylation sites (tertiary alicyclic amines) is 1. The second kappa shape index (κ2) is 6.36. The van der Waals surface area contributed by atoms with Crippen molar-refractivity contribution in [3.8, 4) is 0 Å². The summed E-state index contributed by atoms with van der Waals surface area (Å²) in [5, 5.41) is 0. The van der Waals surface area contributed by atoms with Gasteiger partial charge in [-0.15, -0.1) is 0 Å². The molecule has 98 valence electrons. The zero-order valence-corrected chi connectivity index (χ0v) is 10.6. The molecule has 0 aromatic carbocycles. The average Bonchev–Trinajstić information content (AvgIpc) is 2.96. The number of nitrogens with two attached hydrogens (primary N) is 1. The summed E-state index contributed by atoms with van der Waals surface area (Å²) in [5.41, 5.74) is 5.54. The van der Waals surface area contributed by atoms with Crippen LogP contribution in [-0.4, -0.2) is 42.6 Å². The highest BCUT2D eigenvalue weighted by molar-refractivity contribution is 5.77. The monoisotopic (exact) mass is 240 g/mol. The van der Waals surface area contributed by atoms with Crippen molar-refractivity contribution in [2.75, 3.05) is 19.7 Å². The van der Waals surface area contributed by atoms with Crippen LogP contribution in [0.4, 0.5) is 0 Å². The number of rotatable bonds is 5. The maximum absolute atomic E-state index is 12.2. The van der Waals surface area contributed by atoms with E-state index in [9.17, 15) is 4.79 Å². The molecule has 2 aliphatic rings. The Morgan fingerprint density at radius 3 is 2.94 bits per heavy atom. The van der Waals surface area contributed by atoms with E-state index in [4.69, 9.17) is 10.5 Å². The molecular formula is C13H24N2O2. The molecule has 0 bridgehead atoms. The molecule has 17 heavy (non-hydrogen) atoms. The molecule has 2 aliphatic heterocycles. The van der Waals surface area contributed by atoms with Crippen LogP contribution in [-0.2, 0) is 9.53 Å². The van der Waals surface area contributed by atoms with E-state index in [1.165, 1.54) is 0 Å². The van der Waals surface area contributed by atoms with Crippen molar-refractivity contribution in [2.24, 2.45) is 5.73 Å². The molecule has 2 atom stereocenters. The minimum Gasteiger partial charge on any atom is -0.378 e. The highest BCUT2D eigenvalue weighted by Crippen LogP contribution is 2.24. The van der Waals surface area contributed by atoms with E-state index in [0.717, 1.165) is 58.2 Å². The van der Waals surface area contributed by atoms with E-state index in [1.54, 1.807) is 0 Å². The molecule has 1 amide bonds. The molecule has 2 unspecified atom stereocenters. The Bertz CT molecular complexity index is 252. The number of carbonyl (C=O) groups excluding carboxylic acids is 1. The molecule has 0 radical (unpaired) electrons. The standard InChI is InChI=1S/C13H24N2O2/c14-7-1-4-11-5-2-8-15(11)13(16)10-12-6-3-9-17-12/h11-12H,1-10,14H2. The molecule has 4 heteroatoms.